The van der Waals surface area contributed by atoms with Crippen LogP contribution in [0.5, 0.6) is 0 Å². The Balaban J connectivity index is 1.66. The Hall–Kier alpha value is -0.830. The van der Waals surface area contributed by atoms with Crippen LogP contribution in [-0.4, -0.2) is 13.1 Å². The minimum atomic E-state index is 0.761. The van der Waals surface area contributed by atoms with Gasteiger partial charge in [0, 0.05) is 9.50 Å². The summed E-state index contributed by atoms with van der Waals surface area (Å²) in [6.45, 7) is 2.41. The second-order valence-corrected chi connectivity index (χ2v) is 7.37. The molecule has 1 aliphatic rings. The van der Waals surface area contributed by atoms with Gasteiger partial charge in [-0.2, -0.15) is 0 Å². The summed E-state index contributed by atoms with van der Waals surface area (Å²) in [4.78, 5) is 0. The van der Waals surface area contributed by atoms with E-state index in [0.717, 1.165) is 21.8 Å². The van der Waals surface area contributed by atoms with Gasteiger partial charge >= 0.3 is 0 Å². The fourth-order valence-corrected chi connectivity index (χ4v) is 4.09. The van der Waals surface area contributed by atoms with E-state index in [4.69, 9.17) is 11.6 Å². The number of halogens is 2. The van der Waals surface area contributed by atoms with Crippen LogP contribution in [0.15, 0.2) is 46.9 Å². The van der Waals surface area contributed by atoms with E-state index in [1.807, 2.05) is 12.1 Å². The van der Waals surface area contributed by atoms with E-state index < -0.39 is 0 Å². The molecular weight excluding hydrogens is 358 g/mol. The van der Waals surface area contributed by atoms with Gasteiger partial charge in [-0.25, -0.2) is 0 Å². The van der Waals surface area contributed by atoms with Crippen LogP contribution in [0.4, 0.5) is 0 Å². The zero-order chi connectivity index (χ0) is 15.4. The Bertz CT molecular complexity index is 635. The molecule has 1 atom stereocenters. The van der Waals surface area contributed by atoms with Crippen molar-refractivity contribution in [2.75, 3.05) is 13.1 Å². The monoisotopic (exact) mass is 377 g/mol. The molecular formula is C19H21BrClN. The van der Waals surface area contributed by atoms with Crippen molar-refractivity contribution in [1.29, 1.82) is 0 Å². The highest BCUT2D eigenvalue weighted by Crippen LogP contribution is 2.31. The molecule has 0 aromatic heterocycles. The molecule has 3 heteroatoms. The predicted octanol–water partition coefficient (Wildman–Crippen LogP) is 5.70. The molecule has 1 unspecified atom stereocenters. The van der Waals surface area contributed by atoms with E-state index in [0.29, 0.717) is 0 Å². The van der Waals surface area contributed by atoms with Gasteiger partial charge in [0.15, 0.2) is 0 Å². The highest BCUT2D eigenvalue weighted by Gasteiger charge is 2.13. The number of hydrogen-bond acceptors (Lipinski definition) is 1. The number of aryl methyl sites for hydroxylation is 1. The minimum Gasteiger partial charge on any atom is -0.316 e. The third-order valence-electron chi connectivity index (χ3n) is 4.41. The van der Waals surface area contributed by atoms with Gasteiger partial charge in [0.05, 0.1) is 0 Å². The van der Waals surface area contributed by atoms with Crippen LogP contribution in [0.1, 0.15) is 24.8 Å². The molecule has 116 valence electrons. The van der Waals surface area contributed by atoms with Crippen molar-refractivity contribution in [3.05, 3.63) is 57.5 Å². The fourth-order valence-electron chi connectivity index (χ4n) is 3.17. The molecule has 2 aromatic rings. The maximum Gasteiger partial charge on any atom is 0.0417 e. The van der Waals surface area contributed by atoms with E-state index in [-0.39, 0.29) is 0 Å². The molecule has 0 aliphatic carbocycles. The van der Waals surface area contributed by atoms with E-state index in [9.17, 15) is 0 Å². The van der Waals surface area contributed by atoms with Crippen molar-refractivity contribution in [2.45, 2.75) is 25.7 Å². The lowest BCUT2D eigenvalue weighted by Gasteiger charge is -2.10. The van der Waals surface area contributed by atoms with Crippen LogP contribution < -0.4 is 5.32 Å². The van der Waals surface area contributed by atoms with Gasteiger partial charge < -0.3 is 5.32 Å². The van der Waals surface area contributed by atoms with Crippen molar-refractivity contribution in [2.24, 2.45) is 5.92 Å². The summed E-state index contributed by atoms with van der Waals surface area (Å²) in [5.74, 6) is 0.883. The summed E-state index contributed by atoms with van der Waals surface area (Å²) in [7, 11) is 0. The summed E-state index contributed by atoms with van der Waals surface area (Å²) >= 11 is 9.65. The molecule has 0 radical (unpaired) electrons. The topological polar surface area (TPSA) is 12.0 Å². The molecule has 0 amide bonds. The summed E-state index contributed by atoms with van der Waals surface area (Å²) in [5, 5.41) is 4.21. The van der Waals surface area contributed by atoms with Gasteiger partial charge in [-0.15, -0.1) is 0 Å². The molecule has 0 spiro atoms. The highest BCUT2D eigenvalue weighted by molar-refractivity contribution is 9.10. The average Bonchev–Trinajstić information content (AvgIpc) is 3.01. The van der Waals surface area contributed by atoms with Crippen molar-refractivity contribution >= 4 is 27.5 Å². The van der Waals surface area contributed by atoms with Gasteiger partial charge in [0.2, 0.25) is 0 Å². The van der Waals surface area contributed by atoms with E-state index in [1.165, 1.54) is 49.0 Å². The van der Waals surface area contributed by atoms with Gasteiger partial charge in [-0.05, 0) is 73.5 Å². The molecule has 0 saturated carbocycles. The first-order valence-electron chi connectivity index (χ1n) is 7.97. The van der Waals surface area contributed by atoms with E-state index in [1.54, 1.807) is 0 Å². The molecule has 1 nitrogen and oxygen atoms in total. The van der Waals surface area contributed by atoms with Gasteiger partial charge in [0.1, 0.15) is 0 Å². The van der Waals surface area contributed by atoms with Gasteiger partial charge in [-0.3, -0.25) is 0 Å². The Labute approximate surface area is 146 Å². The summed E-state index contributed by atoms with van der Waals surface area (Å²) in [6, 6.07) is 14.8. The first-order chi connectivity index (χ1) is 10.7. The van der Waals surface area contributed by atoms with Crippen molar-refractivity contribution in [3.63, 3.8) is 0 Å². The molecule has 1 aliphatic heterocycles. The minimum absolute atomic E-state index is 0.761. The zero-order valence-electron chi connectivity index (χ0n) is 12.6. The third kappa shape index (κ3) is 4.13. The van der Waals surface area contributed by atoms with Crippen LogP contribution in [0.3, 0.4) is 0 Å². The lowest BCUT2D eigenvalue weighted by atomic mass is 9.97. The Morgan fingerprint density at radius 3 is 2.86 bits per heavy atom. The standard InChI is InChI=1S/C19H21BrClN/c20-19-12-17(21)7-8-18(19)16-6-2-4-14(11-16)3-1-5-15-9-10-22-13-15/h2,4,6-8,11-12,15,22H,1,3,5,9-10,13H2. The quantitative estimate of drug-likeness (QED) is 0.703. The molecule has 1 saturated heterocycles. The van der Waals surface area contributed by atoms with Gasteiger partial charge in [0.25, 0.3) is 0 Å². The summed E-state index contributed by atoms with van der Waals surface area (Å²) in [5.41, 5.74) is 3.88. The maximum absolute atomic E-state index is 6.03. The number of rotatable bonds is 5. The number of nitrogens with one attached hydrogen (secondary N) is 1. The molecule has 22 heavy (non-hydrogen) atoms. The summed E-state index contributed by atoms with van der Waals surface area (Å²) < 4.78 is 1.05. The zero-order valence-corrected chi connectivity index (χ0v) is 15.0. The number of hydrogen-bond donors (Lipinski definition) is 1. The maximum atomic E-state index is 6.03. The fraction of sp³-hybridized carbons (Fsp3) is 0.368. The number of benzene rings is 2. The van der Waals surface area contributed by atoms with E-state index in [2.05, 4.69) is 51.6 Å². The molecule has 1 N–H and O–H groups in total. The summed E-state index contributed by atoms with van der Waals surface area (Å²) in [6.07, 6.45) is 5.12. The van der Waals surface area contributed by atoms with Crippen LogP contribution >= 0.6 is 27.5 Å². The van der Waals surface area contributed by atoms with E-state index >= 15 is 0 Å². The average molecular weight is 379 g/mol. The lowest BCUT2D eigenvalue weighted by molar-refractivity contribution is 0.510. The van der Waals surface area contributed by atoms with Crippen LogP contribution in [0, 0.1) is 5.92 Å². The normalized spacial score (nSPS) is 17.8. The van der Waals surface area contributed by atoms with Crippen molar-refractivity contribution < 1.29 is 0 Å². The molecule has 2 aromatic carbocycles. The molecule has 3 rings (SSSR count). The second-order valence-electron chi connectivity index (χ2n) is 6.08. The van der Waals surface area contributed by atoms with Crippen LogP contribution in [0.25, 0.3) is 11.1 Å². The molecule has 1 fully saturated rings. The Morgan fingerprint density at radius 1 is 1.18 bits per heavy atom. The second kappa shape index (κ2) is 7.63. The van der Waals surface area contributed by atoms with Crippen molar-refractivity contribution in [1.82, 2.24) is 5.32 Å². The highest BCUT2D eigenvalue weighted by atomic mass is 79.9. The molecule has 1 heterocycles. The smallest absolute Gasteiger partial charge is 0.0417 e. The molecule has 0 bridgehead atoms. The van der Waals surface area contributed by atoms with Gasteiger partial charge in [-0.1, -0.05) is 57.9 Å². The SMILES string of the molecule is Clc1ccc(-c2cccc(CCCC3CCNC3)c2)c(Br)c1. The van der Waals surface area contributed by atoms with Crippen LogP contribution in [0.2, 0.25) is 5.02 Å². The van der Waals surface area contributed by atoms with Crippen LogP contribution in [-0.2, 0) is 6.42 Å². The van der Waals surface area contributed by atoms with Crippen molar-refractivity contribution in [3.8, 4) is 11.1 Å². The predicted molar refractivity (Wildman–Crippen MR) is 98.5 cm³/mol. The first-order valence-corrected chi connectivity index (χ1v) is 9.14. The Morgan fingerprint density at radius 2 is 2.09 bits per heavy atom. The first kappa shape index (κ1) is 16.0. The third-order valence-corrected chi connectivity index (χ3v) is 5.30. The largest absolute Gasteiger partial charge is 0.316 e. The Kier molecular flexibility index (Phi) is 5.56. The lowest BCUT2D eigenvalue weighted by Crippen LogP contribution is -2.08.